The van der Waals surface area contributed by atoms with Crippen molar-refractivity contribution in [1.82, 2.24) is 4.98 Å². The molecule has 3 aromatic carbocycles. The smallest absolute Gasteiger partial charge is 0.411 e. The second-order valence-corrected chi connectivity index (χ2v) is 10.3. The lowest BCUT2D eigenvalue weighted by molar-refractivity contribution is 0.187. The van der Waals surface area contributed by atoms with Gasteiger partial charge >= 0.3 is 6.09 Å². The summed E-state index contributed by atoms with van der Waals surface area (Å²) in [5.41, 5.74) is 7.65. The van der Waals surface area contributed by atoms with Crippen molar-refractivity contribution >= 4 is 28.4 Å². The third kappa shape index (κ3) is 3.47. The highest BCUT2D eigenvalue weighted by Crippen LogP contribution is 2.52. The van der Waals surface area contributed by atoms with Gasteiger partial charge in [0.1, 0.15) is 0 Å². The van der Waals surface area contributed by atoms with Crippen LogP contribution in [0.3, 0.4) is 0 Å². The highest BCUT2D eigenvalue weighted by Gasteiger charge is 2.39. The van der Waals surface area contributed by atoms with Gasteiger partial charge in [-0.1, -0.05) is 44.2 Å². The molecule has 0 atom stereocenters. The van der Waals surface area contributed by atoms with Crippen molar-refractivity contribution in [3.63, 3.8) is 0 Å². The molecule has 0 bridgehead atoms. The maximum absolute atomic E-state index is 15.9. The monoisotopic (exact) mass is 483 g/mol. The Morgan fingerprint density at radius 2 is 1.72 bits per heavy atom. The van der Waals surface area contributed by atoms with E-state index in [2.05, 4.69) is 41.2 Å². The maximum Gasteiger partial charge on any atom is 0.411 e. The van der Waals surface area contributed by atoms with Crippen LogP contribution in [-0.2, 0) is 10.2 Å². The van der Waals surface area contributed by atoms with Crippen molar-refractivity contribution in [1.29, 1.82) is 0 Å². The van der Waals surface area contributed by atoms with Crippen LogP contribution in [0, 0.1) is 5.82 Å². The van der Waals surface area contributed by atoms with Crippen molar-refractivity contribution in [2.24, 2.45) is 0 Å². The number of fused-ring (bicyclic) bond motifs is 5. The van der Waals surface area contributed by atoms with Gasteiger partial charge in [0.05, 0.1) is 18.3 Å². The second-order valence-electron chi connectivity index (χ2n) is 10.3. The zero-order chi connectivity index (χ0) is 25.0. The maximum atomic E-state index is 15.9. The van der Waals surface area contributed by atoms with Crippen molar-refractivity contribution in [3.05, 3.63) is 71.5 Å². The van der Waals surface area contributed by atoms with Crippen LogP contribution in [0.4, 0.5) is 20.6 Å². The molecule has 1 fully saturated rings. The first kappa shape index (κ1) is 22.7. The number of hydrogen-bond acceptors (Lipinski definition) is 3. The summed E-state index contributed by atoms with van der Waals surface area (Å²) in [7, 11) is 1.34. The number of H-pyrrole nitrogens is 1. The van der Waals surface area contributed by atoms with Gasteiger partial charge in [0.2, 0.25) is 0 Å². The zero-order valence-corrected chi connectivity index (χ0v) is 20.9. The molecular weight excluding hydrogens is 453 g/mol. The number of benzene rings is 3. The SMILES string of the molecule is COC(=O)Nc1ccc2c(c1)C(C)(C)c1c-2[nH]c2c(F)c(-c3ccc(N4CCCCC4)cc3)ccc12. The Bertz CT molecular complexity index is 1480. The van der Waals surface area contributed by atoms with E-state index in [1.807, 2.05) is 42.5 Å². The molecule has 5 nitrogen and oxygen atoms in total. The summed E-state index contributed by atoms with van der Waals surface area (Å²) in [6.07, 6.45) is 3.25. The van der Waals surface area contributed by atoms with Crippen LogP contribution in [0.2, 0.25) is 0 Å². The lowest BCUT2D eigenvalue weighted by Gasteiger charge is -2.28. The number of anilines is 2. The summed E-state index contributed by atoms with van der Waals surface area (Å²) in [4.78, 5) is 17.5. The van der Waals surface area contributed by atoms with Crippen LogP contribution in [0.5, 0.6) is 0 Å². The molecule has 2 heterocycles. The average molecular weight is 484 g/mol. The molecule has 1 aliphatic heterocycles. The molecule has 6 rings (SSSR count). The largest absolute Gasteiger partial charge is 0.453 e. The molecule has 2 N–H and O–H groups in total. The van der Waals surface area contributed by atoms with E-state index in [-0.39, 0.29) is 11.2 Å². The van der Waals surface area contributed by atoms with E-state index in [1.165, 1.54) is 32.1 Å². The Balaban J connectivity index is 1.39. The topological polar surface area (TPSA) is 57.4 Å². The summed E-state index contributed by atoms with van der Waals surface area (Å²) in [5, 5.41) is 3.63. The van der Waals surface area contributed by atoms with Crippen molar-refractivity contribution in [2.75, 3.05) is 30.4 Å². The van der Waals surface area contributed by atoms with E-state index in [9.17, 15) is 4.79 Å². The van der Waals surface area contributed by atoms with Gasteiger partial charge in [-0.05, 0) is 60.2 Å². The molecule has 2 aliphatic rings. The van der Waals surface area contributed by atoms with E-state index < -0.39 is 6.09 Å². The minimum Gasteiger partial charge on any atom is -0.453 e. The molecular formula is C30H30FN3O2. The molecule has 0 unspecified atom stereocenters. The summed E-state index contributed by atoms with van der Waals surface area (Å²) in [5.74, 6) is -0.228. The number of halogens is 1. The standard InChI is InChI=1S/C30H30FN3O2/c1-30(2)24-17-19(32-29(35)36-3)9-12-22(24)27-25(30)23-14-13-21(26(31)28(23)33-27)18-7-10-20(11-8-18)34-15-5-4-6-16-34/h7-14,17,33H,4-6,15-16H2,1-3H3,(H,32,35). The number of nitrogens with zero attached hydrogens (tertiary/aromatic N) is 1. The van der Waals surface area contributed by atoms with Gasteiger partial charge in [-0.25, -0.2) is 9.18 Å². The Labute approximate surface area is 210 Å². The molecule has 1 amide bonds. The number of amides is 1. The second kappa shape index (κ2) is 8.40. The third-order valence-corrected chi connectivity index (χ3v) is 7.83. The highest BCUT2D eigenvalue weighted by atomic mass is 19.1. The molecule has 1 aromatic heterocycles. The van der Waals surface area contributed by atoms with E-state index in [0.717, 1.165) is 46.4 Å². The first-order valence-corrected chi connectivity index (χ1v) is 12.6. The number of carbonyl (C=O) groups excluding carboxylic acids is 1. The molecule has 184 valence electrons. The quantitative estimate of drug-likeness (QED) is 0.318. The van der Waals surface area contributed by atoms with Crippen LogP contribution in [-0.4, -0.2) is 31.3 Å². The van der Waals surface area contributed by atoms with Crippen LogP contribution in [0.25, 0.3) is 33.3 Å². The van der Waals surface area contributed by atoms with E-state index in [4.69, 9.17) is 4.74 Å². The minimum atomic E-state index is -0.506. The van der Waals surface area contributed by atoms with Gasteiger partial charge in [-0.3, -0.25) is 5.32 Å². The summed E-state index contributed by atoms with van der Waals surface area (Å²) in [6, 6.07) is 18.0. The van der Waals surface area contributed by atoms with Crippen molar-refractivity contribution in [2.45, 2.75) is 38.5 Å². The summed E-state index contributed by atoms with van der Waals surface area (Å²) < 4.78 is 20.7. The molecule has 1 aliphatic carbocycles. The molecule has 1 saturated heterocycles. The fraction of sp³-hybridized carbons (Fsp3) is 0.300. The first-order chi connectivity index (χ1) is 17.4. The third-order valence-electron chi connectivity index (χ3n) is 7.83. The van der Waals surface area contributed by atoms with Gasteiger partial charge in [0.25, 0.3) is 0 Å². The number of ether oxygens (including phenoxy) is 1. The predicted octanol–water partition coefficient (Wildman–Crippen LogP) is 7.45. The summed E-state index contributed by atoms with van der Waals surface area (Å²) in [6.45, 7) is 6.45. The van der Waals surface area contributed by atoms with Gasteiger partial charge < -0.3 is 14.6 Å². The van der Waals surface area contributed by atoms with Crippen LogP contribution in [0.1, 0.15) is 44.2 Å². The molecule has 6 heteroatoms. The first-order valence-electron chi connectivity index (χ1n) is 12.6. The van der Waals surface area contributed by atoms with Crippen LogP contribution in [0.15, 0.2) is 54.6 Å². The molecule has 0 saturated carbocycles. The fourth-order valence-electron chi connectivity index (χ4n) is 5.97. The molecule has 4 aromatic rings. The van der Waals surface area contributed by atoms with Crippen LogP contribution >= 0.6 is 0 Å². The van der Waals surface area contributed by atoms with Gasteiger partial charge in [-0.2, -0.15) is 0 Å². The predicted molar refractivity (Wildman–Crippen MR) is 143 cm³/mol. The Morgan fingerprint density at radius 1 is 1.00 bits per heavy atom. The van der Waals surface area contributed by atoms with E-state index in [1.54, 1.807) is 0 Å². The van der Waals surface area contributed by atoms with Gasteiger partial charge in [-0.15, -0.1) is 0 Å². The number of piperidine rings is 1. The minimum absolute atomic E-state index is 0.228. The fourth-order valence-corrected chi connectivity index (χ4v) is 5.97. The average Bonchev–Trinajstić information content (AvgIpc) is 3.39. The van der Waals surface area contributed by atoms with E-state index >= 15 is 4.39 Å². The van der Waals surface area contributed by atoms with Gasteiger partial charge in [0, 0.05) is 46.4 Å². The van der Waals surface area contributed by atoms with Crippen LogP contribution < -0.4 is 10.2 Å². The molecule has 36 heavy (non-hydrogen) atoms. The number of nitrogens with one attached hydrogen (secondary N) is 2. The number of hydrogen-bond donors (Lipinski definition) is 2. The highest BCUT2D eigenvalue weighted by molar-refractivity contribution is 5.99. The zero-order valence-electron chi connectivity index (χ0n) is 20.9. The Kier molecular flexibility index (Phi) is 5.29. The van der Waals surface area contributed by atoms with Crippen molar-refractivity contribution in [3.8, 4) is 22.4 Å². The number of rotatable bonds is 3. The van der Waals surface area contributed by atoms with Crippen molar-refractivity contribution < 1.29 is 13.9 Å². The lowest BCUT2D eigenvalue weighted by atomic mass is 9.81. The number of aromatic amines is 1. The number of carbonyl (C=O) groups is 1. The summed E-state index contributed by atoms with van der Waals surface area (Å²) >= 11 is 0. The van der Waals surface area contributed by atoms with E-state index in [0.29, 0.717) is 16.8 Å². The number of methoxy groups -OCH3 is 1. The normalized spacial score (nSPS) is 16.1. The lowest BCUT2D eigenvalue weighted by Crippen LogP contribution is -2.29. The number of aromatic nitrogens is 1. The Hall–Kier alpha value is -3.80. The Morgan fingerprint density at radius 3 is 2.44 bits per heavy atom. The van der Waals surface area contributed by atoms with Gasteiger partial charge in [0.15, 0.2) is 5.82 Å². The molecule has 0 spiro atoms. The molecule has 0 radical (unpaired) electrons.